The van der Waals surface area contributed by atoms with E-state index in [1.165, 1.54) is 37.5 Å². The van der Waals surface area contributed by atoms with Crippen LogP contribution in [-0.2, 0) is 26.2 Å². The van der Waals surface area contributed by atoms with Crippen molar-refractivity contribution in [3.63, 3.8) is 0 Å². The average Bonchev–Trinajstić information content (AvgIpc) is 3.06. The van der Waals surface area contributed by atoms with Crippen LogP contribution in [0.25, 0.3) is 10.8 Å². The minimum absolute atomic E-state index is 0. The first-order chi connectivity index (χ1) is 11.7. The number of fused-ring (bicyclic) bond motifs is 1. The van der Waals surface area contributed by atoms with E-state index in [4.69, 9.17) is 10.2 Å². The molecule has 142 valence electrons. The van der Waals surface area contributed by atoms with Gasteiger partial charge in [0.25, 0.3) is 0 Å². The van der Waals surface area contributed by atoms with Gasteiger partial charge >= 0.3 is 26.2 Å². The molecule has 0 saturated heterocycles. The molecule has 0 heterocycles. The Kier molecular flexibility index (Phi) is 13.8. The van der Waals surface area contributed by atoms with Crippen molar-refractivity contribution in [1.82, 2.24) is 0 Å². The first kappa shape index (κ1) is 27.8. The Morgan fingerprint density at radius 3 is 1.88 bits per heavy atom. The van der Waals surface area contributed by atoms with Crippen molar-refractivity contribution in [3.8, 4) is 0 Å². The third-order valence-corrected chi connectivity index (χ3v) is 5.10. The minimum atomic E-state index is 0. The number of hydrogen-bond donors (Lipinski definition) is 2. The third-order valence-electron chi connectivity index (χ3n) is 4.40. The molecule has 2 aromatic rings. The third kappa shape index (κ3) is 7.31. The predicted molar refractivity (Wildman–Crippen MR) is 113 cm³/mol. The molecular weight excluding hydrogens is 467 g/mol. The second kappa shape index (κ2) is 12.9. The Hall–Kier alpha value is -0.407. The van der Waals surface area contributed by atoms with Gasteiger partial charge < -0.3 is 10.2 Å². The number of hydrogen-bond acceptors (Lipinski definition) is 2. The first-order valence-corrected chi connectivity index (χ1v) is 9.03. The fourth-order valence-electron chi connectivity index (χ4n) is 2.75. The summed E-state index contributed by atoms with van der Waals surface area (Å²) in [5, 5.41) is 16.6. The molecule has 0 spiro atoms. The first-order valence-electron chi connectivity index (χ1n) is 8.23. The molecule has 26 heavy (non-hydrogen) atoms. The molecule has 2 N–H and O–H groups in total. The Balaban J connectivity index is 0. The van der Waals surface area contributed by atoms with Crippen LogP contribution in [-0.4, -0.2) is 24.4 Å². The van der Waals surface area contributed by atoms with E-state index in [0.29, 0.717) is 0 Å². The van der Waals surface area contributed by atoms with Crippen LogP contribution >= 0.6 is 15.9 Å². The molecule has 2 nitrogen and oxygen atoms in total. The summed E-state index contributed by atoms with van der Waals surface area (Å²) < 4.78 is 1.18. The fraction of sp³-hybridized carbons (Fsp3) is 0.409. The molecule has 4 heteroatoms. The van der Waals surface area contributed by atoms with Gasteiger partial charge in [-0.05, 0) is 4.47 Å². The molecule has 3 rings (SSSR count). The van der Waals surface area contributed by atoms with Crippen LogP contribution in [0, 0.1) is 18.4 Å². The van der Waals surface area contributed by atoms with Crippen molar-refractivity contribution in [2.24, 2.45) is 5.41 Å². The van der Waals surface area contributed by atoms with Gasteiger partial charge in [0.1, 0.15) is 0 Å². The molecule has 0 aromatic heterocycles. The van der Waals surface area contributed by atoms with E-state index in [1.54, 1.807) is 0 Å². The van der Waals surface area contributed by atoms with Gasteiger partial charge in [0.15, 0.2) is 0 Å². The maximum atomic E-state index is 7.00. The molecule has 0 bridgehead atoms. The molecular formula is C22H31BrO2Zr. The molecule has 2 aromatic carbocycles. The monoisotopic (exact) mass is 496 g/mol. The number of aliphatic hydroxyl groups excluding tert-OH is 2. The molecule has 1 aliphatic carbocycles. The summed E-state index contributed by atoms with van der Waals surface area (Å²) in [4.78, 5) is 0. The Morgan fingerprint density at radius 1 is 1.00 bits per heavy atom. The van der Waals surface area contributed by atoms with Crippen LogP contribution < -0.4 is 0 Å². The quantitative estimate of drug-likeness (QED) is 0.441. The summed E-state index contributed by atoms with van der Waals surface area (Å²) in [7, 11) is 2.00. The molecule has 0 fully saturated rings. The van der Waals surface area contributed by atoms with Crippen molar-refractivity contribution in [3.05, 3.63) is 63.2 Å². The fourth-order valence-corrected chi connectivity index (χ4v) is 3.25. The van der Waals surface area contributed by atoms with E-state index in [0.717, 1.165) is 14.2 Å². The molecule has 0 amide bonds. The van der Waals surface area contributed by atoms with E-state index < -0.39 is 0 Å². The van der Waals surface area contributed by atoms with Crippen molar-refractivity contribution in [2.75, 3.05) is 14.2 Å². The predicted octanol–water partition coefficient (Wildman–Crippen LogP) is 5.96. The zero-order valence-electron chi connectivity index (χ0n) is 17.2. The van der Waals surface area contributed by atoms with Crippen molar-refractivity contribution in [1.29, 1.82) is 0 Å². The van der Waals surface area contributed by atoms with Crippen molar-refractivity contribution < 1.29 is 36.4 Å². The van der Waals surface area contributed by atoms with Gasteiger partial charge in [-0.15, -0.1) is 41.5 Å². The number of allylic oxidation sites excluding steroid dienone is 4. The number of aliphatic hydroxyl groups is 2. The van der Waals surface area contributed by atoms with Gasteiger partial charge in [-0.25, -0.2) is 5.57 Å². The minimum Gasteiger partial charge on any atom is -0.400 e. The van der Waals surface area contributed by atoms with Gasteiger partial charge in [0, 0.05) is 14.2 Å². The van der Waals surface area contributed by atoms with E-state index in [9.17, 15) is 0 Å². The number of halogens is 1. The Morgan fingerprint density at radius 2 is 1.54 bits per heavy atom. The zero-order chi connectivity index (χ0) is 19.8. The van der Waals surface area contributed by atoms with E-state index in [2.05, 4.69) is 93.9 Å². The molecule has 0 unspecified atom stereocenters. The molecule has 0 saturated carbocycles. The van der Waals surface area contributed by atoms with Crippen LogP contribution in [0.2, 0.25) is 0 Å². The number of benzene rings is 1. The normalized spacial score (nSPS) is 14.0. The van der Waals surface area contributed by atoms with Gasteiger partial charge in [-0.3, -0.25) is 6.08 Å². The van der Waals surface area contributed by atoms with Crippen LogP contribution in [0.15, 0.2) is 51.5 Å². The summed E-state index contributed by atoms with van der Waals surface area (Å²) in [5.74, 6) is 0. The van der Waals surface area contributed by atoms with E-state index >= 15 is 0 Å². The SMILES string of the molecule is CC1=[C-]C(C)(C)C(C)=C1C.CO.CO.Cc1cc2c(Br)cccc2[cH-]1.[Zr+2]. The summed E-state index contributed by atoms with van der Waals surface area (Å²) in [6, 6.07) is 10.7. The van der Waals surface area contributed by atoms with Crippen molar-refractivity contribution in [2.45, 2.75) is 41.5 Å². The van der Waals surface area contributed by atoms with Crippen LogP contribution in [0.5, 0.6) is 0 Å². The smallest absolute Gasteiger partial charge is 0.400 e. The van der Waals surface area contributed by atoms with Gasteiger partial charge in [0.2, 0.25) is 0 Å². The molecule has 0 aliphatic heterocycles. The summed E-state index contributed by atoms with van der Waals surface area (Å²) in [5.41, 5.74) is 5.72. The zero-order valence-corrected chi connectivity index (χ0v) is 21.2. The summed E-state index contributed by atoms with van der Waals surface area (Å²) in [6.07, 6.45) is 3.44. The second-order valence-electron chi connectivity index (χ2n) is 6.40. The number of rotatable bonds is 0. The van der Waals surface area contributed by atoms with Crippen LogP contribution in [0.4, 0.5) is 0 Å². The average molecular weight is 499 g/mol. The summed E-state index contributed by atoms with van der Waals surface area (Å²) >= 11 is 3.51. The Bertz CT molecular complexity index is 740. The number of aryl methyl sites for hydroxylation is 1. The molecule has 0 atom stereocenters. The van der Waals surface area contributed by atoms with E-state index in [1.807, 2.05) is 0 Å². The van der Waals surface area contributed by atoms with E-state index in [-0.39, 0.29) is 31.6 Å². The summed E-state index contributed by atoms with van der Waals surface area (Å²) in [6.45, 7) is 13.0. The van der Waals surface area contributed by atoms with Crippen LogP contribution in [0.3, 0.4) is 0 Å². The maximum absolute atomic E-state index is 7.00. The molecule has 1 aliphatic rings. The second-order valence-corrected chi connectivity index (χ2v) is 7.25. The molecule has 0 radical (unpaired) electrons. The largest absolute Gasteiger partial charge is 2.00 e. The standard InChI is InChI=1S/C10H8Br.C10H15.2CH4O.Zr/c1-7-5-8-3-2-4-10(11)9(8)6-7;1-7-6-10(4,5)9(3)8(7)2;2*1-2;/h2-6H,1H3;1-5H3;2*2H,1H3;/q2*-1;;;+2. The van der Waals surface area contributed by atoms with Crippen molar-refractivity contribution >= 4 is 26.7 Å². The maximum Gasteiger partial charge on any atom is 2.00 e. The topological polar surface area (TPSA) is 40.5 Å². The van der Waals surface area contributed by atoms with Gasteiger partial charge in [-0.2, -0.15) is 17.2 Å². The Labute approximate surface area is 186 Å². The van der Waals surface area contributed by atoms with Gasteiger partial charge in [0.05, 0.1) is 0 Å². The van der Waals surface area contributed by atoms with Gasteiger partial charge in [-0.1, -0.05) is 62.0 Å². The van der Waals surface area contributed by atoms with Crippen LogP contribution in [0.1, 0.15) is 40.2 Å².